The van der Waals surface area contributed by atoms with Crippen LogP contribution in [0.4, 0.5) is 0 Å². The van der Waals surface area contributed by atoms with Crippen molar-refractivity contribution in [2.24, 2.45) is 11.8 Å². The number of nitrogens with zero attached hydrogens (tertiary/aromatic N) is 4. The summed E-state index contributed by atoms with van der Waals surface area (Å²) < 4.78 is 11.6. The monoisotopic (exact) mass is 1130 g/mol. The summed E-state index contributed by atoms with van der Waals surface area (Å²) in [7, 11) is 0. The molecule has 3 aliphatic heterocycles. The Balaban J connectivity index is 0.000000264. The zero-order valence-electron chi connectivity index (χ0n) is 48.6. The van der Waals surface area contributed by atoms with Gasteiger partial charge in [-0.1, -0.05) is 70.7 Å². The number of pyridine rings is 2. The third kappa shape index (κ3) is 17.8. The molecule has 0 aliphatic carbocycles. The lowest BCUT2D eigenvalue weighted by molar-refractivity contribution is -0.158. The molecule has 6 N–H and O–H groups in total. The normalized spacial score (nSPS) is 21.7. The summed E-state index contributed by atoms with van der Waals surface area (Å²) in [5.41, 5.74) is 9.21. The number of carbonyl (C=O) groups is 8. The molecule has 0 radical (unpaired) electrons. The van der Waals surface area contributed by atoms with Crippen LogP contribution in [0.5, 0.6) is 0 Å². The predicted molar refractivity (Wildman–Crippen MR) is 314 cm³/mol. The molecule has 7 rings (SSSR count). The van der Waals surface area contributed by atoms with E-state index in [9.17, 15) is 38.4 Å². The highest BCUT2D eigenvalue weighted by Crippen LogP contribution is 2.27. The summed E-state index contributed by atoms with van der Waals surface area (Å²) in [6.07, 6.45) is 15.4. The number of cyclic esters (lactones) is 1. The van der Waals surface area contributed by atoms with E-state index in [4.69, 9.17) is 9.47 Å². The summed E-state index contributed by atoms with van der Waals surface area (Å²) in [6.45, 7) is 22.4. The second-order valence-corrected chi connectivity index (χ2v) is 21.9. The first-order valence-electron chi connectivity index (χ1n) is 28.6. The van der Waals surface area contributed by atoms with E-state index in [0.29, 0.717) is 70.9 Å². The number of hydrazine groups is 2. The van der Waals surface area contributed by atoms with Gasteiger partial charge < -0.3 is 30.7 Å². The third-order valence-corrected chi connectivity index (χ3v) is 14.6. The van der Waals surface area contributed by atoms with Gasteiger partial charge in [0.25, 0.3) is 11.8 Å². The van der Waals surface area contributed by atoms with Crippen molar-refractivity contribution in [3.63, 3.8) is 0 Å². The largest absolute Gasteiger partial charge is 0.457 e. The molecule has 0 spiro atoms. The first-order chi connectivity index (χ1) is 39.1. The molecular weight excluding hydrogens is 1040 g/mol. The third-order valence-electron chi connectivity index (χ3n) is 14.6. The van der Waals surface area contributed by atoms with E-state index in [-0.39, 0.29) is 41.9 Å². The van der Waals surface area contributed by atoms with Crippen LogP contribution in [-0.4, -0.2) is 117 Å². The lowest BCUT2D eigenvalue weighted by Gasteiger charge is -2.35. The second-order valence-electron chi connectivity index (χ2n) is 21.9. The number of benzene rings is 2. The number of nitrogens with one attached hydrogen (secondary N) is 6. The Kier molecular flexibility index (Phi) is 23.4. The fraction of sp³-hybridized carbons (Fsp3) is 0.484. The standard InChI is InChI=1S/C32H43N5O5.C30H39N5O5/c1-7-9-10-13-28(38)35-29(20(3)4)30(39)34-21(5)31(40)37-16-11-12-27(36-37)32(41)42-22(6)23-14-15-24-19-33-26(8-2)18-25(24)17-23;1-18(2)27-28(37)32-19(3)29(38)35-14-8-10-25(34-35)30(39)40-20(4)21-12-13-22-17-31-24(16-23(22)15-21)9-6-5-7-11-26(36)33-27/h7-8,14-15,17-22,27,29,36H,1-2,9-13,16H2,3-6H3,(H,34,39)(H,35,38);6,9,12-13,15-20,25,27,34H,5,7-8,10-11,14H2,1-4H3,(H,32,37)(H,33,36)/b;9-6+/t21-,22?,27-,29-;19-,20?,25-,27-/m00/s1. The summed E-state index contributed by atoms with van der Waals surface area (Å²) in [6, 6.07) is 10.9. The number of unbranched alkanes of at least 4 members (excludes halogenated alkanes) is 1. The number of fused-ring (bicyclic) bond motifs is 5. The molecule has 3 aliphatic rings. The van der Waals surface area contributed by atoms with Gasteiger partial charge in [0.2, 0.25) is 23.6 Å². The molecule has 5 heterocycles. The number of amides is 6. The molecular formula is C62H82N10O10. The van der Waals surface area contributed by atoms with Gasteiger partial charge in [0.05, 0.1) is 11.4 Å². The van der Waals surface area contributed by atoms with Gasteiger partial charge >= 0.3 is 11.9 Å². The van der Waals surface area contributed by atoms with Crippen LogP contribution in [-0.2, 0) is 47.8 Å². The lowest BCUT2D eigenvalue weighted by Crippen LogP contribution is -2.61. The number of hydrogen-bond donors (Lipinski definition) is 6. The second kappa shape index (κ2) is 30.3. The molecule has 2 unspecified atom stereocenters. The molecule has 440 valence electrons. The van der Waals surface area contributed by atoms with Crippen molar-refractivity contribution in [2.45, 2.75) is 168 Å². The maximum atomic E-state index is 13.2. The Labute approximate surface area is 481 Å². The lowest BCUT2D eigenvalue weighted by atomic mass is 10.0. The van der Waals surface area contributed by atoms with Crippen molar-refractivity contribution < 1.29 is 47.8 Å². The number of carbonyl (C=O) groups excluding carboxylic acids is 8. The summed E-state index contributed by atoms with van der Waals surface area (Å²) >= 11 is 0. The molecule has 8 atom stereocenters. The van der Waals surface area contributed by atoms with Crippen LogP contribution in [0, 0.1) is 11.8 Å². The fourth-order valence-electron chi connectivity index (χ4n) is 9.69. The molecule has 0 saturated carbocycles. The van der Waals surface area contributed by atoms with Crippen molar-refractivity contribution in [1.29, 1.82) is 0 Å². The van der Waals surface area contributed by atoms with Crippen LogP contribution >= 0.6 is 0 Å². The van der Waals surface area contributed by atoms with Crippen molar-refractivity contribution in [3.05, 3.63) is 109 Å². The molecule has 5 bridgehead atoms. The van der Waals surface area contributed by atoms with Crippen molar-refractivity contribution in [1.82, 2.24) is 52.1 Å². The van der Waals surface area contributed by atoms with Gasteiger partial charge in [0.15, 0.2) is 0 Å². The average Bonchev–Trinajstić information content (AvgIpc) is 3.50. The minimum atomic E-state index is -0.870. The molecule has 20 nitrogen and oxygen atoms in total. The predicted octanol–water partition coefficient (Wildman–Crippen LogP) is 7.16. The van der Waals surface area contributed by atoms with Crippen LogP contribution in [0.2, 0.25) is 0 Å². The number of ether oxygens (including phenoxy) is 2. The number of rotatable bonds is 14. The maximum absolute atomic E-state index is 13.2. The van der Waals surface area contributed by atoms with Crippen LogP contribution < -0.4 is 32.1 Å². The highest BCUT2D eigenvalue weighted by atomic mass is 16.5. The number of esters is 2. The van der Waals surface area contributed by atoms with Crippen LogP contribution in [0.15, 0.2) is 86.2 Å². The SMILES string of the molecule is C=CCCCC(=O)N[C@H](C(=O)N[C@@H](C)C(=O)N1CCC[C@@H](C(=O)OC(C)c2ccc3cnc(C=C)cc3c2)N1)C(C)C.CC1OC(=O)[C@@H]2CCCN(N2)C(=O)[C@H](C)NC(=O)[C@H](C(C)C)NC(=O)CCC/C=C/c2cc3cc1ccc3cn2. The van der Waals surface area contributed by atoms with Gasteiger partial charge in [-0.3, -0.25) is 58.3 Å². The minimum absolute atomic E-state index is 0.172. The van der Waals surface area contributed by atoms with Crippen molar-refractivity contribution in [3.8, 4) is 0 Å². The van der Waals surface area contributed by atoms with Crippen LogP contribution in [0.1, 0.15) is 154 Å². The van der Waals surface area contributed by atoms with E-state index >= 15 is 0 Å². The topological polar surface area (TPSA) is 259 Å². The quantitative estimate of drug-likeness (QED) is 0.0416. The molecule has 2 aromatic heterocycles. The maximum Gasteiger partial charge on any atom is 0.325 e. The Morgan fingerprint density at radius 1 is 0.829 bits per heavy atom. The average molecular weight is 1130 g/mol. The van der Waals surface area contributed by atoms with E-state index in [0.717, 1.165) is 44.1 Å². The first-order valence-corrected chi connectivity index (χ1v) is 28.6. The Bertz CT molecular complexity index is 3000. The van der Waals surface area contributed by atoms with Crippen LogP contribution in [0.3, 0.4) is 0 Å². The number of allylic oxidation sites excluding steroid dienone is 2. The Morgan fingerprint density at radius 2 is 1.55 bits per heavy atom. The van der Waals surface area contributed by atoms with Gasteiger partial charge in [-0.15, -0.1) is 6.58 Å². The minimum Gasteiger partial charge on any atom is -0.457 e. The molecule has 2 aromatic carbocycles. The van der Waals surface area contributed by atoms with Gasteiger partial charge in [-0.05, 0) is 149 Å². The van der Waals surface area contributed by atoms with Crippen LogP contribution in [0.25, 0.3) is 33.7 Å². The van der Waals surface area contributed by atoms with Gasteiger partial charge in [0.1, 0.15) is 48.5 Å². The molecule has 82 heavy (non-hydrogen) atoms. The summed E-state index contributed by atoms with van der Waals surface area (Å²) in [5.74, 6) is -3.29. The smallest absolute Gasteiger partial charge is 0.325 e. The molecule has 2 saturated heterocycles. The molecule has 20 heteroatoms. The Hall–Kier alpha value is -7.84. The molecule has 4 aromatic rings. The highest BCUT2D eigenvalue weighted by Gasteiger charge is 2.36. The number of aromatic nitrogens is 2. The fourth-order valence-corrected chi connectivity index (χ4v) is 9.69. The number of hydrogen-bond acceptors (Lipinski definition) is 14. The molecule has 6 amide bonds. The van der Waals surface area contributed by atoms with E-state index < -0.39 is 72.2 Å². The molecule has 2 fully saturated rings. The van der Waals surface area contributed by atoms with Crippen molar-refractivity contribution in [2.75, 3.05) is 13.1 Å². The summed E-state index contributed by atoms with van der Waals surface area (Å²) in [5, 5.41) is 17.7. The Morgan fingerprint density at radius 3 is 2.27 bits per heavy atom. The summed E-state index contributed by atoms with van der Waals surface area (Å²) in [4.78, 5) is 112. The van der Waals surface area contributed by atoms with Gasteiger partial charge in [0, 0.05) is 49.1 Å². The van der Waals surface area contributed by atoms with E-state index in [1.807, 2.05) is 95.3 Å². The first kappa shape index (κ1) is 63.3. The van der Waals surface area contributed by atoms with Gasteiger partial charge in [-0.2, -0.15) is 0 Å². The van der Waals surface area contributed by atoms with E-state index in [2.05, 4.69) is 55.2 Å². The zero-order chi connectivity index (χ0) is 59.6. The highest BCUT2D eigenvalue weighted by molar-refractivity contribution is 5.94. The van der Waals surface area contributed by atoms with E-state index in [1.54, 1.807) is 45.3 Å². The van der Waals surface area contributed by atoms with E-state index in [1.165, 1.54) is 10.0 Å². The van der Waals surface area contributed by atoms with Gasteiger partial charge in [-0.25, -0.2) is 10.9 Å². The zero-order valence-corrected chi connectivity index (χ0v) is 48.6. The van der Waals surface area contributed by atoms with Crippen molar-refractivity contribution >= 4 is 81.1 Å².